The lowest BCUT2D eigenvalue weighted by Gasteiger charge is -2.30. The summed E-state index contributed by atoms with van der Waals surface area (Å²) in [5, 5.41) is 12.0. The number of morpholine rings is 1. The van der Waals surface area contributed by atoms with Gasteiger partial charge in [-0.15, -0.1) is 11.3 Å². The van der Waals surface area contributed by atoms with E-state index in [0.29, 0.717) is 32.0 Å². The van der Waals surface area contributed by atoms with Crippen molar-refractivity contribution in [2.75, 3.05) is 26.3 Å². The average molecular weight is 242 g/mol. The van der Waals surface area contributed by atoms with Crippen LogP contribution in [0.4, 0.5) is 0 Å². The number of nitrogens with zero attached hydrogens (tertiary/aromatic N) is 2. The summed E-state index contributed by atoms with van der Waals surface area (Å²) in [4.78, 5) is 17.5. The average Bonchev–Trinajstić information content (AvgIpc) is 2.66. The van der Waals surface area contributed by atoms with Crippen molar-refractivity contribution in [3.05, 3.63) is 16.1 Å². The molecular weight excluding hydrogens is 228 g/mol. The van der Waals surface area contributed by atoms with Gasteiger partial charge in [-0.1, -0.05) is 0 Å². The van der Waals surface area contributed by atoms with Crippen LogP contribution in [0.5, 0.6) is 0 Å². The molecule has 1 aromatic heterocycles. The van der Waals surface area contributed by atoms with Crippen LogP contribution >= 0.6 is 11.3 Å². The molecule has 2 rings (SSSR count). The lowest BCUT2D eigenvalue weighted by Crippen LogP contribution is -2.42. The molecule has 1 N–H and O–H groups in total. The van der Waals surface area contributed by atoms with E-state index in [4.69, 9.17) is 4.74 Å². The van der Waals surface area contributed by atoms with E-state index in [1.165, 1.54) is 11.3 Å². The zero-order valence-corrected chi connectivity index (χ0v) is 9.87. The van der Waals surface area contributed by atoms with E-state index in [1.807, 2.05) is 17.2 Å². The minimum Gasteiger partial charge on any atom is -0.480 e. The molecule has 1 unspecified atom stereocenters. The van der Waals surface area contributed by atoms with Crippen LogP contribution in [0.3, 0.4) is 0 Å². The molecule has 5 nitrogen and oxygen atoms in total. The lowest BCUT2D eigenvalue weighted by atomic mass is 10.2. The van der Waals surface area contributed by atoms with Crippen LogP contribution in [0.1, 0.15) is 16.7 Å². The van der Waals surface area contributed by atoms with E-state index in [1.54, 1.807) is 0 Å². The lowest BCUT2D eigenvalue weighted by molar-refractivity contribution is -0.145. The van der Waals surface area contributed by atoms with Gasteiger partial charge in [0.1, 0.15) is 0 Å². The first-order valence-electron chi connectivity index (χ1n) is 5.15. The number of thiazole rings is 1. The van der Waals surface area contributed by atoms with Crippen molar-refractivity contribution >= 4 is 17.3 Å². The molecule has 0 spiro atoms. The summed E-state index contributed by atoms with van der Waals surface area (Å²) in [6.07, 6.45) is 0. The predicted molar refractivity (Wildman–Crippen MR) is 59.6 cm³/mol. The van der Waals surface area contributed by atoms with Crippen LogP contribution in [0, 0.1) is 6.92 Å². The Morgan fingerprint density at radius 3 is 2.81 bits per heavy atom. The van der Waals surface area contributed by atoms with Gasteiger partial charge in [0.05, 0.1) is 23.9 Å². The summed E-state index contributed by atoms with van der Waals surface area (Å²) in [6.45, 7) is 4.35. The second-order valence-corrected chi connectivity index (χ2v) is 4.74. The molecule has 1 fully saturated rings. The highest BCUT2D eigenvalue weighted by atomic mass is 32.1. The van der Waals surface area contributed by atoms with Crippen LogP contribution in [0.25, 0.3) is 0 Å². The van der Waals surface area contributed by atoms with Crippen LogP contribution in [-0.2, 0) is 9.53 Å². The molecule has 0 bridgehead atoms. The van der Waals surface area contributed by atoms with Gasteiger partial charge in [0, 0.05) is 18.5 Å². The number of rotatable bonds is 3. The molecule has 1 aliphatic heterocycles. The van der Waals surface area contributed by atoms with E-state index in [-0.39, 0.29) is 0 Å². The normalized spacial score (nSPS) is 19.6. The summed E-state index contributed by atoms with van der Waals surface area (Å²) in [6, 6.07) is -0.631. The minimum absolute atomic E-state index is 0.590. The zero-order valence-electron chi connectivity index (χ0n) is 9.05. The van der Waals surface area contributed by atoms with E-state index in [2.05, 4.69) is 4.98 Å². The number of aliphatic carboxylic acids is 1. The molecule has 0 aromatic carbocycles. The molecule has 0 amide bonds. The monoisotopic (exact) mass is 242 g/mol. The fourth-order valence-corrected chi connectivity index (χ4v) is 2.44. The highest BCUT2D eigenvalue weighted by Crippen LogP contribution is 2.23. The SMILES string of the molecule is Cc1nc(C(C(=O)O)N2CCOCC2)cs1. The number of aromatic nitrogens is 1. The molecule has 0 radical (unpaired) electrons. The maximum absolute atomic E-state index is 11.3. The predicted octanol–water partition coefficient (Wildman–Crippen LogP) is 0.909. The molecule has 88 valence electrons. The van der Waals surface area contributed by atoms with E-state index >= 15 is 0 Å². The molecule has 2 heterocycles. The molecule has 1 aliphatic rings. The molecular formula is C10H14N2O3S. The quantitative estimate of drug-likeness (QED) is 0.853. The first kappa shape index (κ1) is 11.5. The van der Waals surface area contributed by atoms with Crippen LogP contribution < -0.4 is 0 Å². The maximum atomic E-state index is 11.3. The second kappa shape index (κ2) is 4.90. The number of aryl methyl sites for hydroxylation is 1. The van der Waals surface area contributed by atoms with Crippen LogP contribution in [0.2, 0.25) is 0 Å². The molecule has 0 saturated carbocycles. The van der Waals surface area contributed by atoms with Gasteiger partial charge in [-0.25, -0.2) is 4.98 Å². The van der Waals surface area contributed by atoms with Gasteiger partial charge in [-0.05, 0) is 6.92 Å². The third-order valence-electron chi connectivity index (χ3n) is 2.56. The summed E-state index contributed by atoms with van der Waals surface area (Å²) >= 11 is 1.48. The summed E-state index contributed by atoms with van der Waals surface area (Å²) in [7, 11) is 0. The third-order valence-corrected chi connectivity index (χ3v) is 3.35. The molecule has 1 aromatic rings. The maximum Gasteiger partial charge on any atom is 0.327 e. The van der Waals surface area contributed by atoms with Gasteiger partial charge < -0.3 is 9.84 Å². The number of hydrogen-bond acceptors (Lipinski definition) is 5. The van der Waals surface area contributed by atoms with Crippen molar-refractivity contribution in [1.29, 1.82) is 0 Å². The number of carboxylic acids is 1. The van der Waals surface area contributed by atoms with Gasteiger partial charge in [0.2, 0.25) is 0 Å². The van der Waals surface area contributed by atoms with Crippen molar-refractivity contribution < 1.29 is 14.6 Å². The number of carbonyl (C=O) groups is 1. The topological polar surface area (TPSA) is 62.7 Å². The zero-order chi connectivity index (χ0) is 11.5. The van der Waals surface area contributed by atoms with Crippen molar-refractivity contribution in [2.45, 2.75) is 13.0 Å². The van der Waals surface area contributed by atoms with Gasteiger partial charge in [-0.3, -0.25) is 9.69 Å². The molecule has 1 saturated heterocycles. The highest BCUT2D eigenvalue weighted by molar-refractivity contribution is 7.09. The first-order valence-corrected chi connectivity index (χ1v) is 6.03. The Morgan fingerprint density at radius 2 is 2.31 bits per heavy atom. The minimum atomic E-state index is -0.841. The number of hydrogen-bond donors (Lipinski definition) is 1. The molecule has 16 heavy (non-hydrogen) atoms. The van der Waals surface area contributed by atoms with Crippen molar-refractivity contribution in [2.24, 2.45) is 0 Å². The van der Waals surface area contributed by atoms with Gasteiger partial charge >= 0.3 is 5.97 Å². The van der Waals surface area contributed by atoms with Crippen molar-refractivity contribution in [1.82, 2.24) is 9.88 Å². The Balaban J connectivity index is 2.19. The fourth-order valence-electron chi connectivity index (χ4n) is 1.81. The number of ether oxygens (including phenoxy) is 1. The first-order chi connectivity index (χ1) is 7.68. The molecule has 1 atom stereocenters. The van der Waals surface area contributed by atoms with Crippen molar-refractivity contribution in [3.63, 3.8) is 0 Å². The second-order valence-electron chi connectivity index (χ2n) is 3.68. The largest absolute Gasteiger partial charge is 0.480 e. The van der Waals surface area contributed by atoms with Gasteiger partial charge in [0.15, 0.2) is 6.04 Å². The Labute approximate surface area is 97.7 Å². The Bertz CT molecular complexity index is 374. The standard InChI is InChI=1S/C10H14N2O3S/c1-7-11-8(6-16-7)9(10(13)14)12-2-4-15-5-3-12/h6,9H,2-5H2,1H3,(H,13,14). The Morgan fingerprint density at radius 1 is 1.62 bits per heavy atom. The molecule has 0 aliphatic carbocycles. The summed E-state index contributed by atoms with van der Waals surface area (Å²) in [5.41, 5.74) is 0.636. The Kier molecular flexibility index (Phi) is 3.52. The summed E-state index contributed by atoms with van der Waals surface area (Å²) < 4.78 is 5.22. The van der Waals surface area contributed by atoms with Gasteiger partial charge in [-0.2, -0.15) is 0 Å². The van der Waals surface area contributed by atoms with E-state index < -0.39 is 12.0 Å². The Hall–Kier alpha value is -0.980. The van der Waals surface area contributed by atoms with Gasteiger partial charge in [0.25, 0.3) is 0 Å². The van der Waals surface area contributed by atoms with Crippen molar-refractivity contribution in [3.8, 4) is 0 Å². The number of carboxylic acid groups (broad SMARTS) is 1. The smallest absolute Gasteiger partial charge is 0.327 e. The van der Waals surface area contributed by atoms with E-state index in [9.17, 15) is 9.90 Å². The third kappa shape index (κ3) is 2.40. The highest BCUT2D eigenvalue weighted by Gasteiger charge is 2.30. The molecule has 6 heteroatoms. The fraction of sp³-hybridized carbons (Fsp3) is 0.600. The van der Waals surface area contributed by atoms with Crippen LogP contribution in [-0.4, -0.2) is 47.3 Å². The summed E-state index contributed by atoms with van der Waals surface area (Å²) in [5.74, 6) is -0.841. The van der Waals surface area contributed by atoms with E-state index in [0.717, 1.165) is 5.01 Å². The van der Waals surface area contributed by atoms with Crippen LogP contribution in [0.15, 0.2) is 5.38 Å².